The molecular weight excluding hydrogens is 504 g/mol. The molecule has 0 spiro atoms. The molecule has 0 atom stereocenters. The van der Waals surface area contributed by atoms with Crippen molar-refractivity contribution in [3.05, 3.63) is 125 Å². The van der Waals surface area contributed by atoms with E-state index in [4.69, 9.17) is 16.3 Å². The number of hydrazone groups is 1. The molecule has 190 valence electrons. The molecule has 0 saturated heterocycles. The SMILES string of the molecule is O=C(N/N=C/c1ccc(OCc2ccccc2)cc1)C(=O)Nc1ccccc1C(=O)Nc1ccc(Cl)cc1. The van der Waals surface area contributed by atoms with E-state index in [0.717, 1.165) is 5.56 Å². The van der Waals surface area contributed by atoms with Crippen LogP contribution in [0.3, 0.4) is 0 Å². The second kappa shape index (κ2) is 12.8. The second-order valence-electron chi connectivity index (χ2n) is 8.00. The minimum absolute atomic E-state index is 0.175. The Kier molecular flexibility index (Phi) is 8.83. The second-order valence-corrected chi connectivity index (χ2v) is 8.44. The molecule has 0 heterocycles. The third-order valence-electron chi connectivity index (χ3n) is 5.24. The molecule has 0 radical (unpaired) electrons. The Bertz CT molecular complexity index is 1440. The summed E-state index contributed by atoms with van der Waals surface area (Å²) in [5.41, 5.74) is 4.82. The molecule has 4 aromatic carbocycles. The quantitative estimate of drug-likeness (QED) is 0.165. The molecule has 3 amide bonds. The van der Waals surface area contributed by atoms with Gasteiger partial charge in [0.25, 0.3) is 5.91 Å². The molecule has 3 N–H and O–H groups in total. The fraction of sp³-hybridized carbons (Fsp3) is 0.0345. The number of para-hydroxylation sites is 1. The summed E-state index contributed by atoms with van der Waals surface area (Å²) >= 11 is 5.87. The highest BCUT2D eigenvalue weighted by Crippen LogP contribution is 2.19. The van der Waals surface area contributed by atoms with Crippen LogP contribution in [0.15, 0.2) is 108 Å². The molecular formula is C29H23ClN4O4. The molecule has 0 aliphatic carbocycles. The Morgan fingerprint density at radius 2 is 1.45 bits per heavy atom. The summed E-state index contributed by atoms with van der Waals surface area (Å²) in [5.74, 6) is -1.73. The Labute approximate surface area is 224 Å². The van der Waals surface area contributed by atoms with Crippen molar-refractivity contribution in [3.63, 3.8) is 0 Å². The van der Waals surface area contributed by atoms with E-state index in [1.165, 1.54) is 18.3 Å². The van der Waals surface area contributed by atoms with Crippen molar-refractivity contribution in [3.8, 4) is 5.75 Å². The van der Waals surface area contributed by atoms with Crippen molar-refractivity contribution in [2.45, 2.75) is 6.61 Å². The van der Waals surface area contributed by atoms with E-state index in [2.05, 4.69) is 21.2 Å². The number of ether oxygens (including phenoxy) is 1. The lowest BCUT2D eigenvalue weighted by Crippen LogP contribution is -2.33. The Morgan fingerprint density at radius 3 is 2.18 bits per heavy atom. The zero-order valence-corrected chi connectivity index (χ0v) is 20.8. The van der Waals surface area contributed by atoms with E-state index in [1.54, 1.807) is 60.7 Å². The van der Waals surface area contributed by atoms with Crippen molar-refractivity contribution >= 4 is 46.9 Å². The number of carbonyl (C=O) groups is 3. The van der Waals surface area contributed by atoms with Gasteiger partial charge in [0, 0.05) is 10.7 Å². The molecule has 4 rings (SSSR count). The van der Waals surface area contributed by atoms with Gasteiger partial charge >= 0.3 is 11.8 Å². The first-order valence-electron chi connectivity index (χ1n) is 11.5. The van der Waals surface area contributed by atoms with Crippen LogP contribution in [0.1, 0.15) is 21.5 Å². The minimum Gasteiger partial charge on any atom is -0.489 e. The summed E-state index contributed by atoms with van der Waals surface area (Å²) in [4.78, 5) is 37.4. The largest absolute Gasteiger partial charge is 0.489 e. The first-order chi connectivity index (χ1) is 18.5. The van der Waals surface area contributed by atoms with Crippen molar-refractivity contribution < 1.29 is 19.1 Å². The Balaban J connectivity index is 1.29. The molecule has 0 aliphatic heterocycles. The molecule has 0 saturated carbocycles. The molecule has 8 nitrogen and oxygen atoms in total. The molecule has 0 bridgehead atoms. The summed E-state index contributed by atoms with van der Waals surface area (Å²) in [6.07, 6.45) is 1.40. The average molecular weight is 527 g/mol. The van der Waals surface area contributed by atoms with Gasteiger partial charge in [0.2, 0.25) is 0 Å². The van der Waals surface area contributed by atoms with Crippen molar-refractivity contribution in [1.82, 2.24) is 5.43 Å². The van der Waals surface area contributed by atoms with Gasteiger partial charge in [-0.3, -0.25) is 14.4 Å². The molecule has 0 aromatic heterocycles. The highest BCUT2D eigenvalue weighted by Gasteiger charge is 2.17. The van der Waals surface area contributed by atoms with Crippen LogP contribution >= 0.6 is 11.6 Å². The van der Waals surface area contributed by atoms with Gasteiger partial charge in [0.15, 0.2) is 0 Å². The smallest absolute Gasteiger partial charge is 0.329 e. The number of hydrogen-bond acceptors (Lipinski definition) is 5. The molecule has 4 aromatic rings. The first-order valence-corrected chi connectivity index (χ1v) is 11.9. The van der Waals surface area contributed by atoms with E-state index in [0.29, 0.717) is 28.6 Å². The van der Waals surface area contributed by atoms with Gasteiger partial charge in [-0.15, -0.1) is 0 Å². The number of amides is 3. The molecule has 9 heteroatoms. The lowest BCUT2D eigenvalue weighted by atomic mass is 10.1. The number of hydrogen-bond donors (Lipinski definition) is 3. The van der Waals surface area contributed by atoms with Crippen LogP contribution < -0.4 is 20.8 Å². The third-order valence-corrected chi connectivity index (χ3v) is 5.49. The molecule has 0 unspecified atom stereocenters. The minimum atomic E-state index is -0.989. The number of anilines is 2. The maximum Gasteiger partial charge on any atom is 0.329 e. The van der Waals surface area contributed by atoms with Crippen LogP contribution in [0.5, 0.6) is 5.75 Å². The van der Waals surface area contributed by atoms with Crippen LogP contribution in [0, 0.1) is 0 Å². The van der Waals surface area contributed by atoms with Crippen LogP contribution in [-0.4, -0.2) is 23.9 Å². The van der Waals surface area contributed by atoms with Crippen LogP contribution in [0.2, 0.25) is 5.02 Å². The number of nitrogens with zero attached hydrogens (tertiary/aromatic N) is 1. The Morgan fingerprint density at radius 1 is 0.763 bits per heavy atom. The van der Waals surface area contributed by atoms with Gasteiger partial charge in [-0.1, -0.05) is 54.1 Å². The fourth-order valence-electron chi connectivity index (χ4n) is 3.31. The lowest BCUT2D eigenvalue weighted by Gasteiger charge is -2.11. The van der Waals surface area contributed by atoms with E-state index in [-0.39, 0.29) is 11.3 Å². The van der Waals surface area contributed by atoms with Gasteiger partial charge in [-0.25, -0.2) is 5.43 Å². The number of benzene rings is 4. The van der Waals surface area contributed by atoms with Crippen molar-refractivity contribution in [2.24, 2.45) is 5.10 Å². The zero-order valence-electron chi connectivity index (χ0n) is 20.1. The average Bonchev–Trinajstić information content (AvgIpc) is 2.94. The van der Waals surface area contributed by atoms with Crippen LogP contribution in [0.4, 0.5) is 11.4 Å². The van der Waals surface area contributed by atoms with Crippen molar-refractivity contribution in [2.75, 3.05) is 10.6 Å². The van der Waals surface area contributed by atoms with E-state index >= 15 is 0 Å². The van der Waals surface area contributed by atoms with E-state index < -0.39 is 17.7 Å². The summed E-state index contributed by atoms with van der Waals surface area (Å²) < 4.78 is 5.74. The normalized spacial score (nSPS) is 10.6. The maximum atomic E-state index is 12.7. The van der Waals surface area contributed by atoms with Crippen LogP contribution in [0.25, 0.3) is 0 Å². The molecule has 38 heavy (non-hydrogen) atoms. The monoisotopic (exact) mass is 526 g/mol. The zero-order chi connectivity index (χ0) is 26.7. The van der Waals surface area contributed by atoms with Gasteiger partial charge < -0.3 is 15.4 Å². The predicted octanol–water partition coefficient (Wildman–Crippen LogP) is 5.26. The van der Waals surface area contributed by atoms with E-state index in [1.807, 2.05) is 30.3 Å². The number of carbonyl (C=O) groups excluding carboxylic acids is 3. The third kappa shape index (κ3) is 7.52. The highest BCUT2D eigenvalue weighted by atomic mass is 35.5. The number of nitrogens with one attached hydrogen (secondary N) is 3. The standard InChI is InChI=1S/C29H23ClN4O4/c30-22-12-14-23(15-13-22)32-27(35)25-8-4-5-9-26(25)33-28(36)29(37)34-31-18-20-10-16-24(17-11-20)38-19-21-6-2-1-3-7-21/h1-18H,19H2,(H,32,35)(H,33,36)(H,34,37)/b31-18+. The molecule has 0 fully saturated rings. The van der Waals surface area contributed by atoms with Gasteiger partial charge in [-0.2, -0.15) is 5.10 Å². The predicted molar refractivity (Wildman–Crippen MR) is 147 cm³/mol. The summed E-state index contributed by atoms with van der Waals surface area (Å²) in [5, 5.41) is 9.53. The number of rotatable bonds is 8. The lowest BCUT2D eigenvalue weighted by molar-refractivity contribution is -0.136. The summed E-state index contributed by atoms with van der Waals surface area (Å²) in [6.45, 7) is 0.450. The molecule has 0 aliphatic rings. The summed E-state index contributed by atoms with van der Waals surface area (Å²) in [6, 6.07) is 29.8. The number of halogens is 1. The maximum absolute atomic E-state index is 12.7. The van der Waals surface area contributed by atoms with Crippen LogP contribution in [-0.2, 0) is 16.2 Å². The van der Waals surface area contributed by atoms with Crippen molar-refractivity contribution in [1.29, 1.82) is 0 Å². The highest BCUT2D eigenvalue weighted by molar-refractivity contribution is 6.40. The van der Waals surface area contributed by atoms with E-state index in [9.17, 15) is 14.4 Å². The topological polar surface area (TPSA) is 109 Å². The fourth-order valence-corrected chi connectivity index (χ4v) is 3.43. The summed E-state index contributed by atoms with van der Waals surface area (Å²) in [7, 11) is 0. The van der Waals surface area contributed by atoms with Gasteiger partial charge in [0.05, 0.1) is 17.5 Å². The Hall–Kier alpha value is -4.95. The van der Waals surface area contributed by atoms with Gasteiger partial charge in [0.1, 0.15) is 12.4 Å². The first kappa shape index (κ1) is 26.1. The van der Waals surface area contributed by atoms with Gasteiger partial charge in [-0.05, 0) is 71.8 Å².